The van der Waals surface area contributed by atoms with Gasteiger partial charge in [0.15, 0.2) is 25.1 Å². The maximum Gasteiger partial charge on any atom is 0.248 e. The Morgan fingerprint density at radius 2 is 1.59 bits per heavy atom. The minimum Gasteiger partial charge on any atom is -0.288 e. The number of pyridine rings is 3. The molecular formula is C26H22N2O+2. The first-order valence-electron chi connectivity index (χ1n) is 9.87. The molecule has 0 spiro atoms. The van der Waals surface area contributed by atoms with Crippen LogP contribution in [0.2, 0.25) is 0 Å². The normalized spacial score (nSPS) is 11.4. The molecule has 3 aromatic heterocycles. The molecule has 3 nitrogen and oxygen atoms in total. The highest BCUT2D eigenvalue weighted by Crippen LogP contribution is 2.29. The Hall–Kier alpha value is -3.59. The number of carbonyl (C=O) groups excluding carboxylic acids is 1. The third kappa shape index (κ3) is 2.87. The fourth-order valence-corrected chi connectivity index (χ4v) is 4.33. The molecule has 0 bridgehead atoms. The molecule has 3 heterocycles. The Balaban J connectivity index is 1.75. The number of aromatic nitrogens is 2. The van der Waals surface area contributed by atoms with Crippen LogP contribution in [0.1, 0.15) is 28.5 Å². The van der Waals surface area contributed by atoms with E-state index in [1.54, 1.807) is 6.92 Å². The summed E-state index contributed by atoms with van der Waals surface area (Å²) >= 11 is 0. The molecule has 2 aromatic carbocycles. The fraction of sp³-hybridized carbons (Fsp3) is 0.115. The monoisotopic (exact) mass is 378 g/mol. The highest BCUT2D eigenvalue weighted by molar-refractivity contribution is 6.09. The second-order valence-corrected chi connectivity index (χ2v) is 7.56. The van der Waals surface area contributed by atoms with Crippen molar-refractivity contribution in [1.29, 1.82) is 0 Å². The van der Waals surface area contributed by atoms with E-state index in [1.807, 2.05) is 29.0 Å². The number of aryl methyl sites for hydroxylation is 1. The van der Waals surface area contributed by atoms with E-state index in [2.05, 4.69) is 72.2 Å². The molecule has 140 valence electrons. The van der Waals surface area contributed by atoms with Gasteiger partial charge in [-0.2, -0.15) is 8.97 Å². The topological polar surface area (TPSA) is 25.0 Å². The van der Waals surface area contributed by atoms with Crippen LogP contribution < -0.4 is 8.97 Å². The molecule has 0 saturated heterocycles. The van der Waals surface area contributed by atoms with E-state index in [0.29, 0.717) is 6.54 Å². The molecule has 0 radical (unpaired) electrons. The van der Waals surface area contributed by atoms with Gasteiger partial charge in [-0.25, -0.2) is 0 Å². The standard InChI is InChI=1S/C26H22N2O/c1-18-21-12-13-22-20(16-27-14-6-4-11-26(27)19(2)29)8-7-9-23(22)24(21)17-28-15-5-3-10-25(18)28/h3-15,17H,16H2,1-2H3/q+2. The Bertz CT molecular complexity index is 1420. The van der Waals surface area contributed by atoms with E-state index in [-0.39, 0.29) is 5.78 Å². The maximum absolute atomic E-state index is 12.0. The van der Waals surface area contributed by atoms with E-state index in [0.717, 1.165) is 5.69 Å². The molecule has 0 aliphatic rings. The molecule has 5 rings (SSSR count). The second-order valence-electron chi connectivity index (χ2n) is 7.56. The van der Waals surface area contributed by atoms with Crippen LogP contribution in [-0.2, 0) is 6.54 Å². The zero-order chi connectivity index (χ0) is 20.0. The molecule has 0 aliphatic heterocycles. The number of carbonyl (C=O) groups is 1. The van der Waals surface area contributed by atoms with E-state index in [9.17, 15) is 4.79 Å². The first-order chi connectivity index (χ1) is 14.1. The molecule has 3 heteroatoms. The second kappa shape index (κ2) is 6.78. The fourth-order valence-electron chi connectivity index (χ4n) is 4.33. The predicted octanol–water partition coefficient (Wildman–Crippen LogP) is 4.58. The van der Waals surface area contributed by atoms with Crippen molar-refractivity contribution >= 4 is 32.8 Å². The Kier molecular flexibility index (Phi) is 4.09. The van der Waals surface area contributed by atoms with Crippen molar-refractivity contribution in [3.8, 4) is 0 Å². The summed E-state index contributed by atoms with van der Waals surface area (Å²) in [4.78, 5) is 12.0. The van der Waals surface area contributed by atoms with Crippen molar-refractivity contribution in [2.75, 3.05) is 0 Å². The first kappa shape index (κ1) is 17.5. The average molecular weight is 378 g/mol. The lowest BCUT2D eigenvalue weighted by molar-refractivity contribution is -0.689. The van der Waals surface area contributed by atoms with Crippen molar-refractivity contribution in [1.82, 2.24) is 0 Å². The maximum atomic E-state index is 12.0. The summed E-state index contributed by atoms with van der Waals surface area (Å²) in [6.45, 7) is 4.47. The van der Waals surface area contributed by atoms with Crippen LogP contribution in [-0.4, -0.2) is 5.78 Å². The van der Waals surface area contributed by atoms with E-state index >= 15 is 0 Å². The van der Waals surface area contributed by atoms with Crippen LogP contribution in [0, 0.1) is 6.92 Å². The zero-order valence-electron chi connectivity index (χ0n) is 16.6. The summed E-state index contributed by atoms with van der Waals surface area (Å²) in [5, 5.41) is 4.98. The minimum absolute atomic E-state index is 0.0785. The number of nitrogens with zero attached hydrogens (tertiary/aromatic N) is 2. The van der Waals surface area contributed by atoms with Gasteiger partial charge in [-0.1, -0.05) is 30.3 Å². The molecule has 0 saturated carbocycles. The van der Waals surface area contributed by atoms with Gasteiger partial charge < -0.3 is 0 Å². The largest absolute Gasteiger partial charge is 0.288 e. The average Bonchev–Trinajstić information content (AvgIpc) is 2.74. The number of fused-ring (bicyclic) bond motifs is 4. The molecular weight excluding hydrogens is 356 g/mol. The summed E-state index contributed by atoms with van der Waals surface area (Å²) < 4.78 is 4.23. The van der Waals surface area contributed by atoms with Gasteiger partial charge >= 0.3 is 0 Å². The smallest absolute Gasteiger partial charge is 0.248 e. The molecule has 0 aliphatic carbocycles. The summed E-state index contributed by atoms with van der Waals surface area (Å²) in [5.74, 6) is 0.0785. The number of ketones is 1. The third-order valence-electron chi connectivity index (χ3n) is 5.78. The third-order valence-corrected chi connectivity index (χ3v) is 5.78. The van der Waals surface area contributed by atoms with E-state index in [1.165, 1.54) is 38.2 Å². The number of rotatable bonds is 3. The summed E-state index contributed by atoms with van der Waals surface area (Å²) in [6, 6.07) is 23.0. The van der Waals surface area contributed by atoms with Gasteiger partial charge in [0, 0.05) is 42.3 Å². The molecule has 29 heavy (non-hydrogen) atoms. The van der Waals surface area contributed by atoms with Crippen LogP contribution >= 0.6 is 0 Å². The first-order valence-corrected chi connectivity index (χ1v) is 9.87. The Morgan fingerprint density at radius 1 is 0.793 bits per heavy atom. The number of benzene rings is 2. The van der Waals surface area contributed by atoms with Crippen molar-refractivity contribution in [2.24, 2.45) is 0 Å². The summed E-state index contributed by atoms with van der Waals surface area (Å²) in [6.07, 6.45) is 6.30. The summed E-state index contributed by atoms with van der Waals surface area (Å²) in [5.41, 5.74) is 4.44. The van der Waals surface area contributed by atoms with Crippen LogP contribution in [0.4, 0.5) is 0 Å². The number of hydrogen-bond donors (Lipinski definition) is 0. The van der Waals surface area contributed by atoms with E-state index in [4.69, 9.17) is 0 Å². The lowest BCUT2D eigenvalue weighted by Crippen LogP contribution is -2.40. The van der Waals surface area contributed by atoms with Gasteiger partial charge in [-0.3, -0.25) is 4.79 Å². The van der Waals surface area contributed by atoms with Crippen LogP contribution in [0.3, 0.4) is 0 Å². The number of Topliss-reactive ketones (excluding diaryl/α,β-unsaturated/α-hetero) is 1. The van der Waals surface area contributed by atoms with E-state index < -0.39 is 0 Å². The molecule has 5 aromatic rings. The van der Waals surface area contributed by atoms with Crippen LogP contribution in [0.25, 0.3) is 27.1 Å². The SMILES string of the molecule is CC(=O)c1cccc[n+]1Cc1cccc2c1ccc1c(C)c3cccc[n+]3cc12. The van der Waals surface area contributed by atoms with Gasteiger partial charge in [-0.05, 0) is 35.2 Å². The van der Waals surface area contributed by atoms with Gasteiger partial charge in [0.25, 0.3) is 0 Å². The van der Waals surface area contributed by atoms with Crippen molar-refractivity contribution in [2.45, 2.75) is 20.4 Å². The van der Waals surface area contributed by atoms with Gasteiger partial charge in [0.1, 0.15) is 0 Å². The highest BCUT2D eigenvalue weighted by atomic mass is 16.1. The van der Waals surface area contributed by atoms with Gasteiger partial charge in [0.2, 0.25) is 17.0 Å². The van der Waals surface area contributed by atoms with Crippen LogP contribution in [0.5, 0.6) is 0 Å². The Morgan fingerprint density at radius 3 is 2.45 bits per heavy atom. The lowest BCUT2D eigenvalue weighted by atomic mass is 9.97. The molecule has 0 fully saturated rings. The summed E-state index contributed by atoms with van der Waals surface area (Å²) in [7, 11) is 0. The van der Waals surface area contributed by atoms with Crippen molar-refractivity contribution < 1.29 is 13.8 Å². The highest BCUT2D eigenvalue weighted by Gasteiger charge is 2.18. The number of hydrogen-bond acceptors (Lipinski definition) is 1. The predicted molar refractivity (Wildman–Crippen MR) is 115 cm³/mol. The molecule has 0 amide bonds. The molecule has 0 N–H and O–H groups in total. The molecule has 0 unspecified atom stereocenters. The minimum atomic E-state index is 0.0785. The quantitative estimate of drug-likeness (QED) is 0.195. The zero-order valence-corrected chi connectivity index (χ0v) is 16.6. The van der Waals surface area contributed by atoms with Gasteiger partial charge in [-0.15, -0.1) is 0 Å². The lowest BCUT2D eigenvalue weighted by Gasteiger charge is -2.09. The van der Waals surface area contributed by atoms with Crippen LogP contribution in [0.15, 0.2) is 85.3 Å². The van der Waals surface area contributed by atoms with Crippen molar-refractivity contribution in [3.05, 3.63) is 102 Å². The Labute approximate surface area is 169 Å². The van der Waals surface area contributed by atoms with Crippen molar-refractivity contribution in [3.63, 3.8) is 0 Å². The molecule has 0 atom stereocenters. The van der Waals surface area contributed by atoms with Gasteiger partial charge in [0.05, 0.1) is 5.39 Å².